The molecule has 3 N–H and O–H groups in total. The predicted molar refractivity (Wildman–Crippen MR) is 71.2 cm³/mol. The first kappa shape index (κ1) is 16.5. The van der Waals surface area contributed by atoms with Crippen molar-refractivity contribution in [1.29, 1.82) is 0 Å². The second-order valence-electron chi connectivity index (χ2n) is 4.20. The molecule has 0 aliphatic heterocycles. The third-order valence-electron chi connectivity index (χ3n) is 2.46. The summed E-state index contributed by atoms with van der Waals surface area (Å²) in [5.41, 5.74) is -0.113. The summed E-state index contributed by atoms with van der Waals surface area (Å²) in [6.07, 6.45) is -0.199. The van der Waals surface area contributed by atoms with Gasteiger partial charge in [0.2, 0.25) is 10.0 Å². The van der Waals surface area contributed by atoms with Crippen LogP contribution in [0.25, 0.3) is 0 Å². The van der Waals surface area contributed by atoms with E-state index in [-0.39, 0.29) is 18.2 Å². The molecule has 0 aromatic heterocycles. The molecule has 1 rings (SSSR count). The summed E-state index contributed by atoms with van der Waals surface area (Å²) >= 11 is 0. The van der Waals surface area contributed by atoms with Crippen LogP contribution in [0.4, 0.5) is 4.39 Å². The number of primary sulfonamides is 1. The zero-order valence-corrected chi connectivity index (χ0v) is 12.0. The second-order valence-corrected chi connectivity index (χ2v) is 5.76. The van der Waals surface area contributed by atoms with Crippen molar-refractivity contribution < 1.29 is 22.3 Å². The lowest BCUT2D eigenvalue weighted by atomic mass is 10.2. The molecule has 0 radical (unpaired) electrons. The molecule has 0 saturated carbocycles. The van der Waals surface area contributed by atoms with Gasteiger partial charge in [-0.3, -0.25) is 4.79 Å². The normalized spacial score (nSPS) is 13.0. The van der Waals surface area contributed by atoms with Gasteiger partial charge in [-0.2, -0.15) is 0 Å². The second kappa shape index (κ2) is 6.78. The van der Waals surface area contributed by atoms with Crippen LogP contribution in [0.1, 0.15) is 24.2 Å². The van der Waals surface area contributed by atoms with Crippen molar-refractivity contribution in [3.8, 4) is 0 Å². The molecule has 8 heteroatoms. The summed E-state index contributed by atoms with van der Waals surface area (Å²) in [6, 6.07) is 2.73. The molecular formula is C12H17FN2O4S. The van der Waals surface area contributed by atoms with Gasteiger partial charge in [-0.25, -0.2) is 17.9 Å². The molecular weight excluding hydrogens is 287 g/mol. The molecule has 1 aromatic carbocycles. The maximum Gasteiger partial charge on any atom is 0.251 e. The quantitative estimate of drug-likeness (QED) is 0.805. The standard InChI is InChI=1S/C12H17FN2O4S/c1-3-19-8(2)7-15-12(16)9-4-10(13)6-11(5-9)20(14,17)18/h4-6,8H,3,7H2,1-2H3,(H,15,16)(H2,14,17,18). The van der Waals surface area contributed by atoms with Crippen molar-refractivity contribution in [2.45, 2.75) is 24.8 Å². The van der Waals surface area contributed by atoms with E-state index in [0.29, 0.717) is 6.61 Å². The highest BCUT2D eigenvalue weighted by atomic mass is 32.2. The fourth-order valence-corrected chi connectivity index (χ4v) is 2.11. The van der Waals surface area contributed by atoms with E-state index in [0.717, 1.165) is 18.2 Å². The number of carbonyl (C=O) groups excluding carboxylic acids is 1. The van der Waals surface area contributed by atoms with Gasteiger partial charge in [0.05, 0.1) is 11.0 Å². The first-order valence-electron chi connectivity index (χ1n) is 5.97. The van der Waals surface area contributed by atoms with Gasteiger partial charge in [0.15, 0.2) is 0 Å². The van der Waals surface area contributed by atoms with Gasteiger partial charge in [-0.1, -0.05) is 0 Å². The van der Waals surface area contributed by atoms with Gasteiger partial charge in [0, 0.05) is 18.7 Å². The molecule has 6 nitrogen and oxygen atoms in total. The Morgan fingerprint density at radius 1 is 1.45 bits per heavy atom. The minimum atomic E-state index is -4.07. The van der Waals surface area contributed by atoms with Crippen molar-refractivity contribution in [3.63, 3.8) is 0 Å². The average molecular weight is 304 g/mol. The number of sulfonamides is 1. The van der Waals surface area contributed by atoms with Crippen LogP contribution < -0.4 is 10.5 Å². The molecule has 0 heterocycles. The van der Waals surface area contributed by atoms with E-state index in [9.17, 15) is 17.6 Å². The van der Waals surface area contributed by atoms with Crippen molar-refractivity contribution in [2.75, 3.05) is 13.2 Å². The van der Waals surface area contributed by atoms with Crippen molar-refractivity contribution in [1.82, 2.24) is 5.32 Å². The van der Waals surface area contributed by atoms with Gasteiger partial charge in [-0.15, -0.1) is 0 Å². The van der Waals surface area contributed by atoms with Gasteiger partial charge < -0.3 is 10.1 Å². The number of hydrogen-bond acceptors (Lipinski definition) is 4. The number of hydrogen-bond donors (Lipinski definition) is 2. The molecule has 1 aromatic rings. The lowest BCUT2D eigenvalue weighted by Gasteiger charge is -2.12. The Morgan fingerprint density at radius 2 is 2.10 bits per heavy atom. The summed E-state index contributed by atoms with van der Waals surface area (Å²) in [6.45, 7) is 4.33. The molecule has 0 saturated heterocycles. The summed E-state index contributed by atoms with van der Waals surface area (Å²) in [5, 5.41) is 7.43. The smallest absolute Gasteiger partial charge is 0.251 e. The average Bonchev–Trinajstić information content (AvgIpc) is 2.34. The van der Waals surface area contributed by atoms with Gasteiger partial charge in [0.25, 0.3) is 5.91 Å². The monoisotopic (exact) mass is 304 g/mol. The van der Waals surface area contributed by atoms with Crippen LogP contribution in [0.3, 0.4) is 0 Å². The molecule has 1 amide bonds. The number of ether oxygens (including phenoxy) is 1. The van der Waals surface area contributed by atoms with E-state index >= 15 is 0 Å². The Hall–Kier alpha value is -1.51. The number of rotatable bonds is 6. The van der Waals surface area contributed by atoms with E-state index in [2.05, 4.69) is 5.32 Å². The molecule has 0 spiro atoms. The maximum absolute atomic E-state index is 13.3. The van der Waals surface area contributed by atoms with Gasteiger partial charge in [0.1, 0.15) is 5.82 Å². The highest BCUT2D eigenvalue weighted by Gasteiger charge is 2.15. The number of nitrogens with one attached hydrogen (secondary N) is 1. The number of benzene rings is 1. The third kappa shape index (κ3) is 4.87. The lowest BCUT2D eigenvalue weighted by molar-refractivity contribution is 0.0695. The fraction of sp³-hybridized carbons (Fsp3) is 0.417. The Bertz CT molecular complexity index is 589. The number of halogens is 1. The molecule has 0 aliphatic rings. The molecule has 112 valence electrons. The van der Waals surface area contributed by atoms with Crippen LogP contribution in [-0.4, -0.2) is 33.6 Å². The van der Waals surface area contributed by atoms with Crippen molar-refractivity contribution in [3.05, 3.63) is 29.6 Å². The van der Waals surface area contributed by atoms with Crippen molar-refractivity contribution in [2.24, 2.45) is 5.14 Å². The summed E-state index contributed by atoms with van der Waals surface area (Å²) in [7, 11) is -4.07. The van der Waals surface area contributed by atoms with E-state index in [1.807, 2.05) is 6.92 Å². The van der Waals surface area contributed by atoms with Crippen LogP contribution in [0.5, 0.6) is 0 Å². The molecule has 1 unspecified atom stereocenters. The predicted octanol–water partition coefficient (Wildman–Crippen LogP) is 0.628. The van der Waals surface area contributed by atoms with Crippen molar-refractivity contribution >= 4 is 15.9 Å². The Morgan fingerprint density at radius 3 is 2.65 bits per heavy atom. The molecule has 1 atom stereocenters. The lowest BCUT2D eigenvalue weighted by Crippen LogP contribution is -2.32. The maximum atomic E-state index is 13.3. The topological polar surface area (TPSA) is 98.5 Å². The van der Waals surface area contributed by atoms with E-state index in [1.54, 1.807) is 6.92 Å². The Kier molecular flexibility index (Phi) is 5.61. The summed E-state index contributed by atoms with van der Waals surface area (Å²) in [4.78, 5) is 11.4. The zero-order chi connectivity index (χ0) is 15.3. The zero-order valence-electron chi connectivity index (χ0n) is 11.2. The van der Waals surface area contributed by atoms with Crippen LogP contribution in [-0.2, 0) is 14.8 Å². The first-order valence-corrected chi connectivity index (χ1v) is 7.52. The SMILES string of the molecule is CCOC(C)CNC(=O)c1cc(F)cc(S(N)(=O)=O)c1. The van der Waals surface area contributed by atoms with E-state index < -0.39 is 26.6 Å². The number of nitrogens with two attached hydrogens (primary N) is 1. The van der Waals surface area contributed by atoms with Gasteiger partial charge >= 0.3 is 0 Å². The minimum Gasteiger partial charge on any atom is -0.377 e. The first-order chi connectivity index (χ1) is 9.24. The molecule has 0 bridgehead atoms. The Labute approximate surface area is 117 Å². The number of carbonyl (C=O) groups is 1. The van der Waals surface area contributed by atoms with Gasteiger partial charge in [-0.05, 0) is 32.0 Å². The minimum absolute atomic E-state index is 0.113. The summed E-state index contributed by atoms with van der Waals surface area (Å²) < 4.78 is 40.9. The molecule has 20 heavy (non-hydrogen) atoms. The highest BCUT2D eigenvalue weighted by molar-refractivity contribution is 7.89. The fourth-order valence-electron chi connectivity index (χ4n) is 1.54. The molecule has 0 aliphatic carbocycles. The third-order valence-corrected chi connectivity index (χ3v) is 3.36. The number of amides is 1. The molecule has 0 fully saturated rings. The highest BCUT2D eigenvalue weighted by Crippen LogP contribution is 2.13. The summed E-state index contributed by atoms with van der Waals surface area (Å²) in [5.74, 6) is -1.44. The van der Waals surface area contributed by atoms with Crippen LogP contribution >= 0.6 is 0 Å². The Balaban J connectivity index is 2.86. The van der Waals surface area contributed by atoms with Crippen LogP contribution in [0, 0.1) is 5.82 Å². The largest absolute Gasteiger partial charge is 0.377 e. The van der Waals surface area contributed by atoms with Crippen LogP contribution in [0.15, 0.2) is 23.1 Å². The van der Waals surface area contributed by atoms with E-state index in [1.165, 1.54) is 0 Å². The van der Waals surface area contributed by atoms with E-state index in [4.69, 9.17) is 9.88 Å². The van der Waals surface area contributed by atoms with Crippen LogP contribution in [0.2, 0.25) is 0 Å².